The maximum absolute atomic E-state index is 10.4. The standard InChI is InChI=1S/C14H16O4/c1-3-4-9-18-13-10-11(6-8-14(15)16)5-7-12(13)17-2/h3-8,10H,9H2,1-2H3,(H,15,16)/b4-3+,8-6+. The molecular weight excluding hydrogens is 232 g/mol. The van der Waals surface area contributed by atoms with Crippen LogP contribution < -0.4 is 9.47 Å². The van der Waals surface area contributed by atoms with Gasteiger partial charge in [-0.1, -0.05) is 18.2 Å². The highest BCUT2D eigenvalue weighted by molar-refractivity contribution is 5.85. The number of carboxylic acid groups (broad SMARTS) is 1. The molecule has 1 N–H and O–H groups in total. The molecule has 96 valence electrons. The van der Waals surface area contributed by atoms with Crippen LogP contribution in [0.4, 0.5) is 0 Å². The lowest BCUT2D eigenvalue weighted by molar-refractivity contribution is -0.131. The summed E-state index contributed by atoms with van der Waals surface area (Å²) in [6.45, 7) is 2.35. The van der Waals surface area contributed by atoms with E-state index >= 15 is 0 Å². The maximum Gasteiger partial charge on any atom is 0.328 e. The minimum absolute atomic E-state index is 0.443. The van der Waals surface area contributed by atoms with Crippen molar-refractivity contribution in [2.45, 2.75) is 6.92 Å². The first-order valence-corrected chi connectivity index (χ1v) is 5.50. The molecule has 0 aliphatic carbocycles. The molecule has 0 unspecified atom stereocenters. The highest BCUT2D eigenvalue weighted by Gasteiger charge is 2.04. The average Bonchev–Trinajstić information content (AvgIpc) is 2.37. The number of aliphatic carboxylic acids is 1. The van der Waals surface area contributed by atoms with E-state index in [0.29, 0.717) is 18.1 Å². The second kappa shape index (κ2) is 7.17. The third-order valence-corrected chi connectivity index (χ3v) is 2.18. The summed E-state index contributed by atoms with van der Waals surface area (Å²) in [7, 11) is 1.56. The molecule has 0 bridgehead atoms. The molecule has 1 aromatic rings. The van der Waals surface area contributed by atoms with Crippen molar-refractivity contribution in [2.75, 3.05) is 13.7 Å². The molecule has 0 radical (unpaired) electrons. The van der Waals surface area contributed by atoms with Crippen molar-refractivity contribution in [1.82, 2.24) is 0 Å². The summed E-state index contributed by atoms with van der Waals surface area (Å²) in [5, 5.41) is 8.57. The molecule has 0 atom stereocenters. The van der Waals surface area contributed by atoms with Crippen molar-refractivity contribution in [2.24, 2.45) is 0 Å². The van der Waals surface area contributed by atoms with Gasteiger partial charge in [0.05, 0.1) is 7.11 Å². The Labute approximate surface area is 106 Å². The van der Waals surface area contributed by atoms with E-state index < -0.39 is 5.97 Å². The smallest absolute Gasteiger partial charge is 0.328 e. The predicted molar refractivity (Wildman–Crippen MR) is 70.0 cm³/mol. The summed E-state index contributed by atoms with van der Waals surface area (Å²) in [6.07, 6.45) is 6.35. The summed E-state index contributed by atoms with van der Waals surface area (Å²) >= 11 is 0. The molecule has 1 rings (SSSR count). The van der Waals surface area contributed by atoms with Crippen LogP contribution in [0.15, 0.2) is 36.4 Å². The molecule has 0 aromatic heterocycles. The largest absolute Gasteiger partial charge is 0.493 e. The fraction of sp³-hybridized carbons (Fsp3) is 0.214. The van der Waals surface area contributed by atoms with E-state index in [4.69, 9.17) is 14.6 Å². The van der Waals surface area contributed by atoms with Crippen LogP contribution in [0.1, 0.15) is 12.5 Å². The molecule has 1 aromatic carbocycles. The third kappa shape index (κ3) is 4.33. The van der Waals surface area contributed by atoms with Crippen molar-refractivity contribution in [3.8, 4) is 11.5 Å². The van der Waals surface area contributed by atoms with Gasteiger partial charge in [0.2, 0.25) is 0 Å². The first-order valence-electron chi connectivity index (χ1n) is 5.50. The minimum Gasteiger partial charge on any atom is -0.493 e. The summed E-state index contributed by atoms with van der Waals surface area (Å²) in [5.74, 6) is 0.220. The van der Waals surface area contributed by atoms with Crippen LogP contribution in [0.5, 0.6) is 11.5 Å². The number of hydrogen-bond acceptors (Lipinski definition) is 3. The van der Waals surface area contributed by atoms with E-state index in [0.717, 1.165) is 11.6 Å². The minimum atomic E-state index is -0.984. The fourth-order valence-corrected chi connectivity index (χ4v) is 1.31. The monoisotopic (exact) mass is 248 g/mol. The SMILES string of the molecule is C/C=C/COc1cc(/C=C/C(=O)O)ccc1OC. The molecule has 0 aliphatic heterocycles. The highest BCUT2D eigenvalue weighted by atomic mass is 16.5. The van der Waals surface area contributed by atoms with Gasteiger partial charge in [0.15, 0.2) is 11.5 Å². The van der Waals surface area contributed by atoms with Gasteiger partial charge >= 0.3 is 5.97 Å². The highest BCUT2D eigenvalue weighted by Crippen LogP contribution is 2.28. The van der Waals surface area contributed by atoms with E-state index in [-0.39, 0.29) is 0 Å². The van der Waals surface area contributed by atoms with E-state index in [1.54, 1.807) is 25.3 Å². The van der Waals surface area contributed by atoms with Crippen LogP contribution in [0, 0.1) is 0 Å². The lowest BCUT2D eigenvalue weighted by Gasteiger charge is -2.09. The molecule has 0 aliphatic rings. The number of carbonyl (C=O) groups is 1. The van der Waals surface area contributed by atoms with Gasteiger partial charge in [-0.3, -0.25) is 0 Å². The number of carboxylic acids is 1. The maximum atomic E-state index is 10.4. The van der Waals surface area contributed by atoms with Gasteiger partial charge in [-0.2, -0.15) is 0 Å². The Kier molecular flexibility index (Phi) is 5.51. The Bertz CT molecular complexity index is 461. The van der Waals surface area contributed by atoms with Gasteiger partial charge in [0.25, 0.3) is 0 Å². The second-order valence-electron chi connectivity index (χ2n) is 3.46. The van der Waals surface area contributed by atoms with Crippen molar-refractivity contribution >= 4 is 12.0 Å². The Balaban J connectivity index is 2.90. The molecule has 0 fully saturated rings. The van der Waals surface area contributed by atoms with Crippen LogP contribution in [0.25, 0.3) is 6.08 Å². The van der Waals surface area contributed by atoms with Gasteiger partial charge in [0, 0.05) is 6.08 Å². The van der Waals surface area contributed by atoms with E-state index in [2.05, 4.69) is 0 Å². The van der Waals surface area contributed by atoms with E-state index in [1.807, 2.05) is 19.1 Å². The third-order valence-electron chi connectivity index (χ3n) is 2.18. The Morgan fingerprint density at radius 2 is 2.17 bits per heavy atom. The lowest BCUT2D eigenvalue weighted by Crippen LogP contribution is -1.97. The van der Waals surface area contributed by atoms with Crippen molar-refractivity contribution in [3.63, 3.8) is 0 Å². The Hall–Kier alpha value is -2.23. The van der Waals surface area contributed by atoms with Gasteiger partial charge in [-0.25, -0.2) is 4.79 Å². The zero-order chi connectivity index (χ0) is 13.4. The number of rotatable bonds is 6. The van der Waals surface area contributed by atoms with Crippen LogP contribution in [0.2, 0.25) is 0 Å². The number of hydrogen-bond donors (Lipinski definition) is 1. The lowest BCUT2D eigenvalue weighted by atomic mass is 10.2. The zero-order valence-electron chi connectivity index (χ0n) is 10.4. The predicted octanol–water partition coefficient (Wildman–Crippen LogP) is 2.75. The summed E-state index contributed by atoms with van der Waals surface area (Å²) in [6, 6.07) is 5.25. The van der Waals surface area contributed by atoms with Crippen LogP contribution >= 0.6 is 0 Å². The molecule has 0 saturated heterocycles. The second-order valence-corrected chi connectivity index (χ2v) is 3.46. The normalized spacial score (nSPS) is 11.0. The van der Waals surface area contributed by atoms with Gasteiger partial charge < -0.3 is 14.6 Å². The van der Waals surface area contributed by atoms with Gasteiger partial charge in [-0.15, -0.1) is 0 Å². The first kappa shape index (κ1) is 13.8. The number of allylic oxidation sites excluding steroid dienone is 1. The van der Waals surface area contributed by atoms with Crippen molar-refractivity contribution in [1.29, 1.82) is 0 Å². The number of benzene rings is 1. The number of ether oxygens (including phenoxy) is 2. The summed E-state index contributed by atoms with van der Waals surface area (Å²) in [5.41, 5.74) is 0.744. The van der Waals surface area contributed by atoms with Crippen LogP contribution in [0.3, 0.4) is 0 Å². The zero-order valence-corrected chi connectivity index (χ0v) is 10.4. The quantitative estimate of drug-likeness (QED) is 0.621. The molecule has 0 saturated carbocycles. The van der Waals surface area contributed by atoms with E-state index in [1.165, 1.54) is 6.08 Å². The molecule has 4 heteroatoms. The first-order chi connectivity index (χ1) is 8.67. The van der Waals surface area contributed by atoms with Gasteiger partial charge in [-0.05, 0) is 30.7 Å². The molecule has 0 amide bonds. The summed E-state index contributed by atoms with van der Waals surface area (Å²) in [4.78, 5) is 10.4. The Morgan fingerprint density at radius 1 is 1.39 bits per heavy atom. The van der Waals surface area contributed by atoms with Crippen molar-refractivity contribution in [3.05, 3.63) is 42.0 Å². The van der Waals surface area contributed by atoms with E-state index in [9.17, 15) is 4.79 Å². The molecular formula is C14H16O4. The molecule has 4 nitrogen and oxygen atoms in total. The van der Waals surface area contributed by atoms with Crippen LogP contribution in [-0.2, 0) is 4.79 Å². The Morgan fingerprint density at radius 3 is 2.78 bits per heavy atom. The molecule has 0 heterocycles. The van der Waals surface area contributed by atoms with Crippen molar-refractivity contribution < 1.29 is 19.4 Å². The van der Waals surface area contributed by atoms with Gasteiger partial charge in [0.1, 0.15) is 6.61 Å². The van der Waals surface area contributed by atoms with Crippen LogP contribution in [-0.4, -0.2) is 24.8 Å². The topological polar surface area (TPSA) is 55.8 Å². The fourth-order valence-electron chi connectivity index (χ4n) is 1.31. The number of methoxy groups -OCH3 is 1. The summed E-state index contributed by atoms with van der Waals surface area (Å²) < 4.78 is 10.7. The molecule has 18 heavy (non-hydrogen) atoms. The molecule has 0 spiro atoms. The average molecular weight is 248 g/mol.